The van der Waals surface area contributed by atoms with Gasteiger partial charge >= 0.3 is 0 Å². The Kier molecular flexibility index (Phi) is 3.22. The van der Waals surface area contributed by atoms with E-state index in [0.29, 0.717) is 19.4 Å². The van der Waals surface area contributed by atoms with Crippen LogP contribution in [-0.2, 0) is 6.42 Å². The van der Waals surface area contributed by atoms with E-state index < -0.39 is 11.0 Å². The van der Waals surface area contributed by atoms with E-state index in [2.05, 4.69) is 13.0 Å². The van der Waals surface area contributed by atoms with Gasteiger partial charge in [-0.2, -0.15) is 5.26 Å². The van der Waals surface area contributed by atoms with Crippen LogP contribution in [0.5, 0.6) is 5.75 Å². The number of benzene rings is 1. The molecule has 1 aliphatic carbocycles. The zero-order valence-corrected chi connectivity index (χ0v) is 11.9. The van der Waals surface area contributed by atoms with Crippen molar-refractivity contribution < 1.29 is 9.84 Å². The molecule has 3 atom stereocenters. The van der Waals surface area contributed by atoms with Crippen LogP contribution in [0.25, 0.3) is 0 Å². The molecule has 0 aromatic heterocycles. The van der Waals surface area contributed by atoms with Crippen molar-refractivity contribution in [2.45, 2.75) is 44.6 Å². The van der Waals surface area contributed by atoms with Gasteiger partial charge in [0.05, 0.1) is 11.7 Å². The Balaban J connectivity index is 2.00. The Labute approximate surface area is 120 Å². The largest absolute Gasteiger partial charge is 0.492 e. The Hall–Kier alpha value is -1.53. The topological polar surface area (TPSA) is 53.2 Å². The maximum atomic E-state index is 11.2. The second kappa shape index (κ2) is 4.79. The number of nitriles is 1. The molecule has 1 aromatic rings. The van der Waals surface area contributed by atoms with Crippen LogP contribution in [-0.4, -0.2) is 17.3 Å². The van der Waals surface area contributed by atoms with Gasteiger partial charge in [-0.3, -0.25) is 0 Å². The van der Waals surface area contributed by atoms with E-state index in [1.54, 1.807) is 0 Å². The molecule has 1 saturated carbocycles. The molecule has 106 valence electrons. The minimum absolute atomic E-state index is 0.205. The van der Waals surface area contributed by atoms with E-state index in [9.17, 15) is 10.4 Å². The van der Waals surface area contributed by atoms with Gasteiger partial charge in [0, 0.05) is 6.42 Å². The molecule has 3 rings (SSSR count). The van der Waals surface area contributed by atoms with Crippen molar-refractivity contribution in [2.24, 2.45) is 11.3 Å². The fraction of sp³-hybridized carbons (Fsp3) is 0.588. The second-order valence-electron chi connectivity index (χ2n) is 6.19. The molecule has 1 aliphatic heterocycles. The molecular weight excluding hydrogens is 250 g/mol. The van der Waals surface area contributed by atoms with Gasteiger partial charge < -0.3 is 9.84 Å². The first kappa shape index (κ1) is 13.5. The minimum atomic E-state index is -0.913. The lowest BCUT2D eigenvalue weighted by Crippen LogP contribution is -2.55. The lowest BCUT2D eigenvalue weighted by Gasteiger charge is -2.46. The van der Waals surface area contributed by atoms with Crippen molar-refractivity contribution >= 4 is 0 Å². The maximum Gasteiger partial charge on any atom is 0.124 e. The van der Waals surface area contributed by atoms with E-state index in [1.807, 2.05) is 24.3 Å². The van der Waals surface area contributed by atoms with Gasteiger partial charge in [0.15, 0.2) is 0 Å². The van der Waals surface area contributed by atoms with Crippen molar-refractivity contribution in [3.63, 3.8) is 0 Å². The molecule has 3 heteroatoms. The van der Waals surface area contributed by atoms with Crippen LogP contribution in [0.2, 0.25) is 0 Å². The molecule has 1 N–H and O–H groups in total. The van der Waals surface area contributed by atoms with E-state index in [4.69, 9.17) is 4.74 Å². The molecule has 2 aliphatic rings. The standard InChI is InChI=1S/C17H21NO2/c1-2-14-7-5-9-17(14,19)16(11-18)10-13-6-3-4-8-15(13)20-12-16/h3-4,6,8,14,19H,2,5,7,9-10,12H2,1H3. The molecule has 1 aromatic carbocycles. The van der Waals surface area contributed by atoms with Gasteiger partial charge in [0.1, 0.15) is 17.8 Å². The molecule has 3 nitrogen and oxygen atoms in total. The molecular formula is C17H21NO2. The van der Waals surface area contributed by atoms with Gasteiger partial charge in [-0.1, -0.05) is 38.0 Å². The third kappa shape index (κ3) is 1.75. The summed E-state index contributed by atoms with van der Waals surface area (Å²) in [7, 11) is 0. The van der Waals surface area contributed by atoms with Crippen LogP contribution in [0.4, 0.5) is 0 Å². The number of rotatable bonds is 2. The molecule has 1 heterocycles. The van der Waals surface area contributed by atoms with Crippen molar-refractivity contribution in [3.8, 4) is 11.8 Å². The number of nitrogens with zero attached hydrogens (tertiary/aromatic N) is 1. The summed E-state index contributed by atoms with van der Waals surface area (Å²) in [5, 5.41) is 21.1. The Bertz CT molecular complexity index is 550. The predicted molar refractivity (Wildman–Crippen MR) is 76.3 cm³/mol. The average molecular weight is 271 g/mol. The Morgan fingerprint density at radius 1 is 1.45 bits per heavy atom. The monoisotopic (exact) mass is 271 g/mol. The van der Waals surface area contributed by atoms with Crippen LogP contribution in [0.3, 0.4) is 0 Å². The molecule has 0 radical (unpaired) electrons. The summed E-state index contributed by atoms with van der Waals surface area (Å²) >= 11 is 0. The minimum Gasteiger partial charge on any atom is -0.492 e. The number of aliphatic hydroxyl groups is 1. The third-order valence-corrected chi connectivity index (χ3v) is 5.26. The SMILES string of the molecule is CCC1CCCC1(O)C1(C#N)COc2ccccc2C1. The number of ether oxygens (including phenoxy) is 1. The normalized spacial score (nSPS) is 36.0. The average Bonchev–Trinajstić information content (AvgIpc) is 2.89. The molecule has 1 fully saturated rings. The van der Waals surface area contributed by atoms with Crippen LogP contribution < -0.4 is 4.74 Å². The van der Waals surface area contributed by atoms with Crippen LogP contribution in [0.1, 0.15) is 38.2 Å². The smallest absolute Gasteiger partial charge is 0.124 e. The van der Waals surface area contributed by atoms with Crippen molar-refractivity contribution in [2.75, 3.05) is 6.61 Å². The molecule has 0 amide bonds. The first-order valence-corrected chi connectivity index (χ1v) is 7.49. The summed E-state index contributed by atoms with van der Waals surface area (Å²) in [5.41, 5.74) is -0.682. The zero-order valence-electron chi connectivity index (χ0n) is 11.9. The summed E-state index contributed by atoms with van der Waals surface area (Å²) in [4.78, 5) is 0. The highest BCUT2D eigenvalue weighted by Gasteiger charge is 2.58. The van der Waals surface area contributed by atoms with Crippen molar-refractivity contribution in [1.82, 2.24) is 0 Å². The number of para-hydroxylation sites is 1. The summed E-state index contributed by atoms with van der Waals surface area (Å²) in [6.45, 7) is 2.40. The summed E-state index contributed by atoms with van der Waals surface area (Å²) in [6, 6.07) is 10.3. The molecule has 0 spiro atoms. The van der Waals surface area contributed by atoms with Crippen LogP contribution in [0.15, 0.2) is 24.3 Å². The number of hydrogen-bond acceptors (Lipinski definition) is 3. The summed E-state index contributed by atoms with van der Waals surface area (Å²) in [6.07, 6.45) is 4.23. The molecule has 20 heavy (non-hydrogen) atoms. The van der Waals surface area contributed by atoms with Crippen molar-refractivity contribution in [1.29, 1.82) is 5.26 Å². The Morgan fingerprint density at radius 3 is 3.00 bits per heavy atom. The van der Waals surface area contributed by atoms with Crippen molar-refractivity contribution in [3.05, 3.63) is 29.8 Å². The highest BCUT2D eigenvalue weighted by Crippen LogP contribution is 2.52. The Morgan fingerprint density at radius 2 is 2.25 bits per heavy atom. The highest BCUT2D eigenvalue weighted by molar-refractivity contribution is 5.39. The van der Waals surface area contributed by atoms with Gasteiger partial charge in [-0.25, -0.2) is 0 Å². The van der Waals surface area contributed by atoms with E-state index in [0.717, 1.165) is 30.6 Å². The molecule has 0 saturated heterocycles. The van der Waals surface area contributed by atoms with E-state index in [1.165, 1.54) is 0 Å². The molecule has 3 unspecified atom stereocenters. The highest BCUT2D eigenvalue weighted by atomic mass is 16.5. The second-order valence-corrected chi connectivity index (χ2v) is 6.19. The first-order chi connectivity index (χ1) is 9.65. The zero-order chi connectivity index (χ0) is 14.2. The van der Waals surface area contributed by atoms with Gasteiger partial charge in [0.2, 0.25) is 0 Å². The quantitative estimate of drug-likeness (QED) is 0.899. The lowest BCUT2D eigenvalue weighted by atomic mass is 9.63. The van der Waals surface area contributed by atoms with Gasteiger partial charge in [-0.15, -0.1) is 0 Å². The van der Waals surface area contributed by atoms with Gasteiger partial charge in [-0.05, 0) is 30.4 Å². The predicted octanol–water partition coefficient (Wildman–Crippen LogP) is 3.07. The third-order valence-electron chi connectivity index (χ3n) is 5.26. The lowest BCUT2D eigenvalue weighted by molar-refractivity contribution is -0.107. The van der Waals surface area contributed by atoms with E-state index >= 15 is 0 Å². The van der Waals surface area contributed by atoms with Crippen LogP contribution in [0, 0.1) is 22.7 Å². The number of hydrogen-bond donors (Lipinski definition) is 1. The summed E-state index contributed by atoms with van der Waals surface area (Å²) in [5.74, 6) is 1.06. The number of fused-ring (bicyclic) bond motifs is 1. The summed E-state index contributed by atoms with van der Waals surface area (Å²) < 4.78 is 5.82. The molecule has 0 bridgehead atoms. The fourth-order valence-corrected chi connectivity index (χ4v) is 4.05. The van der Waals surface area contributed by atoms with Crippen LogP contribution >= 0.6 is 0 Å². The van der Waals surface area contributed by atoms with E-state index in [-0.39, 0.29) is 5.92 Å². The maximum absolute atomic E-state index is 11.2. The fourth-order valence-electron chi connectivity index (χ4n) is 4.05. The first-order valence-electron chi connectivity index (χ1n) is 7.49. The van der Waals surface area contributed by atoms with Gasteiger partial charge in [0.25, 0.3) is 0 Å².